The second-order valence-corrected chi connectivity index (χ2v) is 5.45. The molecule has 0 saturated carbocycles. The average molecular weight is 358 g/mol. The van der Waals surface area contributed by atoms with Gasteiger partial charge in [-0.05, 0) is 38.1 Å². The first-order valence-electron chi connectivity index (χ1n) is 7.57. The zero-order valence-electron chi connectivity index (χ0n) is 13.1. The second kappa shape index (κ2) is 8.02. The van der Waals surface area contributed by atoms with Crippen molar-refractivity contribution in [2.75, 3.05) is 18.4 Å². The van der Waals surface area contributed by atoms with Crippen LogP contribution in [0.5, 0.6) is 0 Å². The maximum absolute atomic E-state index is 11.5. The molecule has 136 valence electrons. The number of alkyl halides is 3. The minimum absolute atomic E-state index is 0.301. The van der Waals surface area contributed by atoms with E-state index in [9.17, 15) is 18.0 Å². The molecule has 0 amide bonds. The third-order valence-corrected chi connectivity index (χ3v) is 3.59. The SMILES string of the molecule is O=C(O)C(F)(F)F.O=c1cc(NC2CCNCC2)c2ccccc2o1. The van der Waals surface area contributed by atoms with Crippen LogP contribution in [0.2, 0.25) is 0 Å². The van der Waals surface area contributed by atoms with Gasteiger partial charge in [-0.25, -0.2) is 9.59 Å². The first kappa shape index (κ1) is 18.8. The van der Waals surface area contributed by atoms with Gasteiger partial charge in [-0.15, -0.1) is 0 Å². The minimum Gasteiger partial charge on any atom is -0.475 e. The van der Waals surface area contributed by atoms with Gasteiger partial charge in [-0.3, -0.25) is 0 Å². The highest BCUT2D eigenvalue weighted by molar-refractivity contribution is 5.89. The molecule has 1 fully saturated rings. The van der Waals surface area contributed by atoms with Crippen LogP contribution in [0.4, 0.5) is 18.9 Å². The molecule has 1 aliphatic heterocycles. The number of anilines is 1. The summed E-state index contributed by atoms with van der Waals surface area (Å²) >= 11 is 0. The molecule has 0 bridgehead atoms. The Balaban J connectivity index is 0.000000277. The lowest BCUT2D eigenvalue weighted by molar-refractivity contribution is -0.192. The molecule has 3 N–H and O–H groups in total. The standard InChI is InChI=1S/C14H16N2O2.C2HF3O2/c17-14-9-12(16-10-5-7-15-8-6-10)11-3-1-2-4-13(11)18-14;3-2(4,5)1(6)7/h1-4,9-10,15-16H,5-8H2;(H,6,7). The van der Waals surface area contributed by atoms with E-state index in [1.54, 1.807) is 6.07 Å². The minimum atomic E-state index is -5.08. The van der Waals surface area contributed by atoms with Crippen molar-refractivity contribution in [1.82, 2.24) is 5.32 Å². The Kier molecular flexibility index (Phi) is 6.02. The van der Waals surface area contributed by atoms with Crippen LogP contribution in [0.1, 0.15) is 12.8 Å². The fraction of sp³-hybridized carbons (Fsp3) is 0.375. The predicted octanol–water partition coefficient (Wildman–Crippen LogP) is 2.59. The zero-order valence-corrected chi connectivity index (χ0v) is 13.1. The molecule has 6 nitrogen and oxygen atoms in total. The summed E-state index contributed by atoms with van der Waals surface area (Å²) in [5.41, 5.74) is 1.22. The number of piperidine rings is 1. The highest BCUT2D eigenvalue weighted by atomic mass is 19.4. The van der Waals surface area contributed by atoms with E-state index in [2.05, 4.69) is 10.6 Å². The Bertz CT molecular complexity index is 783. The Morgan fingerprint density at radius 3 is 2.44 bits per heavy atom. The number of halogens is 3. The summed E-state index contributed by atoms with van der Waals surface area (Å²) in [5.74, 6) is -2.76. The predicted molar refractivity (Wildman–Crippen MR) is 85.7 cm³/mol. The molecular weight excluding hydrogens is 341 g/mol. The number of nitrogens with one attached hydrogen (secondary N) is 2. The fourth-order valence-corrected chi connectivity index (χ4v) is 2.42. The van der Waals surface area contributed by atoms with Gasteiger partial charge in [0.15, 0.2) is 0 Å². The van der Waals surface area contributed by atoms with Gasteiger partial charge >= 0.3 is 17.8 Å². The van der Waals surface area contributed by atoms with E-state index in [4.69, 9.17) is 14.3 Å². The van der Waals surface area contributed by atoms with Gasteiger partial charge in [0, 0.05) is 17.5 Å². The molecule has 2 heterocycles. The van der Waals surface area contributed by atoms with Crippen molar-refractivity contribution in [2.24, 2.45) is 0 Å². The Morgan fingerprint density at radius 2 is 1.84 bits per heavy atom. The van der Waals surface area contributed by atoms with Crippen LogP contribution in [0.25, 0.3) is 11.0 Å². The monoisotopic (exact) mass is 358 g/mol. The number of hydrogen-bond acceptors (Lipinski definition) is 5. The van der Waals surface area contributed by atoms with E-state index in [0.717, 1.165) is 37.0 Å². The number of hydrogen-bond donors (Lipinski definition) is 3. The van der Waals surface area contributed by atoms with E-state index in [0.29, 0.717) is 11.6 Å². The first-order chi connectivity index (χ1) is 11.8. The molecule has 2 aromatic rings. The van der Waals surface area contributed by atoms with Gasteiger partial charge in [0.05, 0.1) is 5.69 Å². The average Bonchev–Trinajstić information content (AvgIpc) is 2.55. The van der Waals surface area contributed by atoms with Crippen LogP contribution in [-0.4, -0.2) is 36.4 Å². The number of rotatable bonds is 2. The molecule has 1 aliphatic rings. The second-order valence-electron chi connectivity index (χ2n) is 5.45. The molecular formula is C16H17F3N2O4. The lowest BCUT2D eigenvalue weighted by atomic mass is 10.1. The molecule has 1 aromatic carbocycles. The third-order valence-electron chi connectivity index (χ3n) is 3.59. The van der Waals surface area contributed by atoms with Crippen LogP contribution in [0, 0.1) is 0 Å². The first-order valence-corrected chi connectivity index (χ1v) is 7.57. The molecule has 1 aromatic heterocycles. The fourth-order valence-electron chi connectivity index (χ4n) is 2.42. The van der Waals surface area contributed by atoms with E-state index in [-0.39, 0.29) is 5.63 Å². The molecule has 1 saturated heterocycles. The third kappa shape index (κ3) is 5.49. The topological polar surface area (TPSA) is 91.6 Å². The zero-order chi connectivity index (χ0) is 18.4. The number of benzene rings is 1. The lowest BCUT2D eigenvalue weighted by Gasteiger charge is -2.25. The number of aliphatic carboxylic acids is 1. The van der Waals surface area contributed by atoms with Gasteiger partial charge in [0.1, 0.15) is 5.58 Å². The molecule has 0 aliphatic carbocycles. The van der Waals surface area contributed by atoms with Crippen molar-refractivity contribution in [3.63, 3.8) is 0 Å². The molecule has 0 unspecified atom stereocenters. The van der Waals surface area contributed by atoms with Crippen molar-refractivity contribution in [3.8, 4) is 0 Å². The van der Waals surface area contributed by atoms with Crippen molar-refractivity contribution < 1.29 is 27.5 Å². The smallest absolute Gasteiger partial charge is 0.475 e. The normalized spacial score (nSPS) is 15.3. The van der Waals surface area contributed by atoms with Crippen LogP contribution >= 0.6 is 0 Å². The lowest BCUT2D eigenvalue weighted by Crippen LogP contribution is -2.35. The van der Waals surface area contributed by atoms with Gasteiger partial charge in [-0.1, -0.05) is 12.1 Å². The largest absolute Gasteiger partial charge is 0.490 e. The molecule has 3 rings (SSSR count). The Hall–Kier alpha value is -2.55. The van der Waals surface area contributed by atoms with E-state index in [1.807, 2.05) is 24.3 Å². The van der Waals surface area contributed by atoms with E-state index < -0.39 is 12.1 Å². The van der Waals surface area contributed by atoms with Crippen molar-refractivity contribution in [1.29, 1.82) is 0 Å². The maximum atomic E-state index is 11.5. The Labute approximate surface area is 140 Å². The number of fused-ring (bicyclic) bond motifs is 1. The summed E-state index contributed by atoms with van der Waals surface area (Å²) in [5, 5.41) is 14.9. The molecule has 0 atom stereocenters. The number of carboxylic acids is 1. The van der Waals surface area contributed by atoms with E-state index >= 15 is 0 Å². The highest BCUT2D eigenvalue weighted by Gasteiger charge is 2.38. The highest BCUT2D eigenvalue weighted by Crippen LogP contribution is 2.23. The molecule has 25 heavy (non-hydrogen) atoms. The van der Waals surface area contributed by atoms with Crippen molar-refractivity contribution >= 4 is 22.6 Å². The molecule has 0 radical (unpaired) electrons. The van der Waals surface area contributed by atoms with Crippen molar-refractivity contribution in [3.05, 3.63) is 40.8 Å². The maximum Gasteiger partial charge on any atom is 0.490 e. The quantitative estimate of drug-likeness (QED) is 0.715. The van der Waals surface area contributed by atoms with Crippen LogP contribution < -0.4 is 16.3 Å². The van der Waals surface area contributed by atoms with Gasteiger partial charge in [-0.2, -0.15) is 13.2 Å². The van der Waals surface area contributed by atoms with Crippen LogP contribution in [0.15, 0.2) is 39.5 Å². The summed E-state index contributed by atoms with van der Waals surface area (Å²) in [7, 11) is 0. The number of para-hydroxylation sites is 1. The van der Waals surface area contributed by atoms with E-state index in [1.165, 1.54) is 0 Å². The summed E-state index contributed by atoms with van der Waals surface area (Å²) in [6, 6.07) is 9.60. The van der Waals surface area contributed by atoms with Gasteiger partial charge < -0.3 is 20.2 Å². The van der Waals surface area contributed by atoms with Gasteiger partial charge in [0.2, 0.25) is 0 Å². The van der Waals surface area contributed by atoms with Crippen molar-refractivity contribution in [2.45, 2.75) is 25.1 Å². The van der Waals surface area contributed by atoms with Crippen LogP contribution in [-0.2, 0) is 4.79 Å². The summed E-state index contributed by atoms with van der Waals surface area (Å²) in [6.07, 6.45) is -2.93. The molecule has 9 heteroatoms. The number of carbonyl (C=O) groups is 1. The summed E-state index contributed by atoms with van der Waals surface area (Å²) in [4.78, 5) is 20.4. The molecule has 0 spiro atoms. The summed E-state index contributed by atoms with van der Waals surface area (Å²) in [6.45, 7) is 2.05. The van der Waals surface area contributed by atoms with Crippen LogP contribution in [0.3, 0.4) is 0 Å². The number of carboxylic acid groups (broad SMARTS) is 1. The Morgan fingerprint density at radius 1 is 1.24 bits per heavy atom. The summed E-state index contributed by atoms with van der Waals surface area (Å²) < 4.78 is 36.9. The van der Waals surface area contributed by atoms with Gasteiger partial charge in [0.25, 0.3) is 0 Å².